The van der Waals surface area contributed by atoms with Crippen molar-refractivity contribution >= 4 is 34.4 Å². The highest BCUT2D eigenvalue weighted by molar-refractivity contribution is 7.14. The van der Waals surface area contributed by atoms with Crippen LogP contribution in [0.2, 0.25) is 0 Å². The molecule has 0 atom stereocenters. The molecule has 1 aromatic heterocycles. The lowest BCUT2D eigenvalue weighted by Gasteiger charge is -2.34. The first kappa shape index (κ1) is 21.9. The van der Waals surface area contributed by atoms with Crippen molar-refractivity contribution in [1.29, 1.82) is 0 Å². The van der Waals surface area contributed by atoms with E-state index in [-0.39, 0.29) is 18.2 Å². The summed E-state index contributed by atoms with van der Waals surface area (Å²) in [6.45, 7) is 4.10. The van der Waals surface area contributed by atoms with Crippen LogP contribution in [0.1, 0.15) is 16.8 Å². The first-order chi connectivity index (χ1) is 15.7. The molecule has 32 heavy (non-hydrogen) atoms. The predicted molar refractivity (Wildman–Crippen MR) is 128 cm³/mol. The third-order valence-electron chi connectivity index (χ3n) is 5.31. The van der Waals surface area contributed by atoms with Gasteiger partial charge in [0.15, 0.2) is 5.13 Å². The number of rotatable bonds is 7. The van der Waals surface area contributed by atoms with Gasteiger partial charge in [0.25, 0.3) is 0 Å². The van der Waals surface area contributed by atoms with Gasteiger partial charge in [0.1, 0.15) is 0 Å². The van der Waals surface area contributed by atoms with Crippen LogP contribution in [0.25, 0.3) is 6.08 Å². The molecule has 0 radical (unpaired) electrons. The standard InChI is InChI=1S/C25H26N4O2S/c30-23(12-11-20-7-3-1-4-8-20)27-25-26-22(19-32-25)17-24(31)29-15-13-28(14-16-29)18-21-9-5-2-6-10-21/h1-12,19H,13-18H2,(H,26,27,30)/b12-11+. The minimum atomic E-state index is -0.240. The maximum Gasteiger partial charge on any atom is 0.250 e. The Morgan fingerprint density at radius 1 is 0.969 bits per heavy atom. The lowest BCUT2D eigenvalue weighted by atomic mass is 10.2. The summed E-state index contributed by atoms with van der Waals surface area (Å²) in [4.78, 5) is 33.5. The molecule has 0 unspecified atom stereocenters. The predicted octanol–water partition coefficient (Wildman–Crippen LogP) is 3.68. The van der Waals surface area contributed by atoms with E-state index in [2.05, 4.69) is 39.5 Å². The fraction of sp³-hybridized carbons (Fsp3) is 0.240. The lowest BCUT2D eigenvalue weighted by Crippen LogP contribution is -2.48. The molecule has 6 nitrogen and oxygen atoms in total. The maximum atomic E-state index is 12.7. The third kappa shape index (κ3) is 6.35. The van der Waals surface area contributed by atoms with Crippen LogP contribution in [-0.2, 0) is 22.6 Å². The van der Waals surface area contributed by atoms with E-state index in [0.717, 1.165) is 38.3 Å². The normalized spacial score (nSPS) is 14.6. The minimum Gasteiger partial charge on any atom is -0.340 e. The third-order valence-corrected chi connectivity index (χ3v) is 6.12. The first-order valence-corrected chi connectivity index (χ1v) is 11.6. The van der Waals surface area contributed by atoms with Crippen molar-refractivity contribution in [3.8, 4) is 0 Å². The largest absolute Gasteiger partial charge is 0.340 e. The number of thiazole rings is 1. The number of piperazine rings is 1. The zero-order chi connectivity index (χ0) is 22.2. The SMILES string of the molecule is O=C(/C=C/c1ccccc1)Nc1nc(CC(=O)N2CCN(Cc3ccccc3)CC2)cs1. The molecule has 4 rings (SSSR count). The monoisotopic (exact) mass is 446 g/mol. The van der Waals surface area contributed by atoms with Gasteiger partial charge in [-0.25, -0.2) is 4.98 Å². The van der Waals surface area contributed by atoms with Crippen LogP contribution >= 0.6 is 11.3 Å². The van der Waals surface area contributed by atoms with Crippen molar-refractivity contribution in [2.24, 2.45) is 0 Å². The van der Waals surface area contributed by atoms with E-state index in [4.69, 9.17) is 0 Å². The van der Waals surface area contributed by atoms with E-state index in [0.29, 0.717) is 10.8 Å². The van der Waals surface area contributed by atoms with E-state index < -0.39 is 0 Å². The molecule has 0 saturated carbocycles. The second-order valence-corrected chi connectivity index (χ2v) is 8.55. The Kier molecular flexibility index (Phi) is 7.42. The molecule has 1 saturated heterocycles. The Bertz CT molecular complexity index is 1060. The molecule has 1 aliphatic rings. The number of nitrogens with one attached hydrogen (secondary N) is 1. The summed E-state index contributed by atoms with van der Waals surface area (Å²) in [6, 6.07) is 20.0. The molecular weight excluding hydrogens is 420 g/mol. The zero-order valence-electron chi connectivity index (χ0n) is 17.8. The number of benzene rings is 2. The van der Waals surface area contributed by atoms with Crippen LogP contribution in [-0.4, -0.2) is 52.8 Å². The molecule has 0 bridgehead atoms. The number of nitrogens with zero attached hydrogens (tertiary/aromatic N) is 3. The van der Waals surface area contributed by atoms with Crippen LogP contribution in [0, 0.1) is 0 Å². The van der Waals surface area contributed by atoms with Gasteiger partial charge in [0, 0.05) is 44.2 Å². The molecular formula is C25H26N4O2S. The van der Waals surface area contributed by atoms with Crippen LogP contribution in [0.15, 0.2) is 72.1 Å². The Morgan fingerprint density at radius 3 is 2.38 bits per heavy atom. The maximum absolute atomic E-state index is 12.7. The van der Waals surface area contributed by atoms with E-state index in [1.54, 1.807) is 6.08 Å². The number of carbonyl (C=O) groups excluding carboxylic acids is 2. The van der Waals surface area contributed by atoms with Gasteiger partial charge in [-0.1, -0.05) is 60.7 Å². The van der Waals surface area contributed by atoms with Gasteiger partial charge in [0.05, 0.1) is 12.1 Å². The summed E-state index contributed by atoms with van der Waals surface area (Å²) in [5.74, 6) is -0.160. The molecule has 7 heteroatoms. The van der Waals surface area contributed by atoms with Gasteiger partial charge in [-0.3, -0.25) is 19.8 Å². The molecule has 0 spiro atoms. The van der Waals surface area contributed by atoms with E-state index in [1.807, 2.05) is 46.7 Å². The lowest BCUT2D eigenvalue weighted by molar-refractivity contribution is -0.132. The van der Waals surface area contributed by atoms with Gasteiger partial charge in [-0.15, -0.1) is 11.3 Å². The number of amides is 2. The Morgan fingerprint density at radius 2 is 1.66 bits per heavy atom. The van der Waals surface area contributed by atoms with Crippen molar-refractivity contribution in [3.05, 3.63) is 88.9 Å². The van der Waals surface area contributed by atoms with Crippen molar-refractivity contribution in [2.75, 3.05) is 31.5 Å². The summed E-state index contributed by atoms with van der Waals surface area (Å²) < 4.78 is 0. The molecule has 3 aromatic rings. The highest BCUT2D eigenvalue weighted by Crippen LogP contribution is 2.17. The molecule has 1 N–H and O–H groups in total. The smallest absolute Gasteiger partial charge is 0.250 e. The molecule has 2 heterocycles. The van der Waals surface area contributed by atoms with Gasteiger partial charge in [-0.2, -0.15) is 0 Å². The van der Waals surface area contributed by atoms with E-state index >= 15 is 0 Å². The number of hydrogen-bond acceptors (Lipinski definition) is 5. The van der Waals surface area contributed by atoms with Gasteiger partial charge in [0.2, 0.25) is 11.8 Å². The topological polar surface area (TPSA) is 65.5 Å². The number of aromatic nitrogens is 1. The van der Waals surface area contributed by atoms with Crippen LogP contribution in [0.3, 0.4) is 0 Å². The van der Waals surface area contributed by atoms with Crippen LogP contribution in [0.5, 0.6) is 0 Å². The summed E-state index contributed by atoms with van der Waals surface area (Å²) in [6.07, 6.45) is 3.49. The molecule has 164 valence electrons. The summed E-state index contributed by atoms with van der Waals surface area (Å²) in [5.41, 5.74) is 2.94. The quantitative estimate of drug-likeness (QED) is 0.563. The number of anilines is 1. The van der Waals surface area contributed by atoms with Gasteiger partial charge >= 0.3 is 0 Å². The molecule has 2 amide bonds. The van der Waals surface area contributed by atoms with Crippen molar-refractivity contribution < 1.29 is 9.59 Å². The van der Waals surface area contributed by atoms with Gasteiger partial charge < -0.3 is 4.90 Å². The Balaban J connectivity index is 1.22. The average molecular weight is 447 g/mol. The first-order valence-electron chi connectivity index (χ1n) is 10.7. The van der Waals surface area contributed by atoms with E-state index in [9.17, 15) is 9.59 Å². The fourth-order valence-corrected chi connectivity index (χ4v) is 4.31. The highest BCUT2D eigenvalue weighted by Gasteiger charge is 2.22. The molecule has 1 aliphatic heterocycles. The molecule has 1 fully saturated rings. The van der Waals surface area contributed by atoms with Crippen LogP contribution in [0.4, 0.5) is 5.13 Å². The van der Waals surface area contributed by atoms with Crippen molar-refractivity contribution in [2.45, 2.75) is 13.0 Å². The summed E-state index contributed by atoms with van der Waals surface area (Å²) in [5, 5.41) is 5.10. The van der Waals surface area contributed by atoms with Crippen LogP contribution < -0.4 is 5.32 Å². The van der Waals surface area contributed by atoms with Gasteiger partial charge in [-0.05, 0) is 17.2 Å². The number of carbonyl (C=O) groups is 2. The average Bonchev–Trinajstić information content (AvgIpc) is 3.26. The Hall–Kier alpha value is -3.29. The highest BCUT2D eigenvalue weighted by atomic mass is 32.1. The van der Waals surface area contributed by atoms with Crippen molar-refractivity contribution in [3.63, 3.8) is 0 Å². The van der Waals surface area contributed by atoms with Crippen molar-refractivity contribution in [1.82, 2.24) is 14.8 Å². The Labute approximate surface area is 192 Å². The molecule has 2 aromatic carbocycles. The van der Waals surface area contributed by atoms with E-state index in [1.165, 1.54) is 23.0 Å². The second-order valence-electron chi connectivity index (χ2n) is 7.70. The summed E-state index contributed by atoms with van der Waals surface area (Å²) in [7, 11) is 0. The second kappa shape index (κ2) is 10.8. The zero-order valence-corrected chi connectivity index (χ0v) is 18.6. The summed E-state index contributed by atoms with van der Waals surface area (Å²) >= 11 is 1.33. The molecule has 0 aliphatic carbocycles. The number of hydrogen-bond donors (Lipinski definition) is 1. The fourth-order valence-electron chi connectivity index (χ4n) is 3.59. The minimum absolute atomic E-state index is 0.0801.